The molecular weight excluding hydrogens is 206 g/mol. The molecular formula is C10H15N5O. The first kappa shape index (κ1) is 10.8. The van der Waals surface area contributed by atoms with E-state index < -0.39 is 0 Å². The van der Waals surface area contributed by atoms with E-state index in [9.17, 15) is 0 Å². The molecule has 0 saturated carbocycles. The van der Waals surface area contributed by atoms with Crippen molar-refractivity contribution in [3.8, 4) is 11.4 Å². The number of hydrogen-bond acceptors (Lipinski definition) is 5. The van der Waals surface area contributed by atoms with Gasteiger partial charge in [0.05, 0.1) is 11.3 Å². The Morgan fingerprint density at radius 3 is 2.69 bits per heavy atom. The summed E-state index contributed by atoms with van der Waals surface area (Å²) in [4.78, 5) is 4.29. The highest BCUT2D eigenvalue weighted by Gasteiger charge is 2.17. The predicted molar refractivity (Wildman–Crippen MR) is 58.7 cm³/mol. The summed E-state index contributed by atoms with van der Waals surface area (Å²) in [5.41, 5.74) is 8.30. The molecule has 0 unspecified atom stereocenters. The smallest absolute Gasteiger partial charge is 0.228 e. The third-order valence-corrected chi connectivity index (χ3v) is 2.56. The third-order valence-electron chi connectivity index (χ3n) is 2.56. The van der Waals surface area contributed by atoms with Gasteiger partial charge >= 0.3 is 0 Å². The van der Waals surface area contributed by atoms with Gasteiger partial charge < -0.3 is 10.3 Å². The monoisotopic (exact) mass is 221 g/mol. The van der Waals surface area contributed by atoms with E-state index in [1.807, 2.05) is 25.6 Å². The summed E-state index contributed by atoms with van der Waals surface area (Å²) in [5.74, 6) is 1.16. The van der Waals surface area contributed by atoms with Crippen LogP contribution in [0, 0.1) is 13.8 Å². The van der Waals surface area contributed by atoms with Crippen molar-refractivity contribution in [1.29, 1.82) is 0 Å². The van der Waals surface area contributed by atoms with Crippen molar-refractivity contribution in [2.75, 3.05) is 6.54 Å². The molecule has 0 bridgehead atoms. The normalized spacial score (nSPS) is 11.0. The van der Waals surface area contributed by atoms with Crippen molar-refractivity contribution in [2.45, 2.75) is 20.3 Å². The summed E-state index contributed by atoms with van der Waals surface area (Å²) in [5, 5.41) is 8.26. The molecule has 0 spiro atoms. The van der Waals surface area contributed by atoms with E-state index >= 15 is 0 Å². The molecule has 0 aliphatic heterocycles. The topological polar surface area (TPSA) is 82.8 Å². The van der Waals surface area contributed by atoms with Crippen LogP contribution in [0.3, 0.4) is 0 Å². The highest BCUT2D eigenvalue weighted by Crippen LogP contribution is 2.23. The van der Waals surface area contributed by atoms with Crippen molar-refractivity contribution in [1.82, 2.24) is 19.9 Å². The van der Waals surface area contributed by atoms with Crippen molar-refractivity contribution >= 4 is 0 Å². The van der Waals surface area contributed by atoms with Crippen LogP contribution in [0.5, 0.6) is 0 Å². The van der Waals surface area contributed by atoms with Crippen LogP contribution in [0.2, 0.25) is 0 Å². The van der Waals surface area contributed by atoms with E-state index in [0.717, 1.165) is 17.0 Å². The van der Waals surface area contributed by atoms with Crippen molar-refractivity contribution in [2.24, 2.45) is 12.8 Å². The summed E-state index contributed by atoms with van der Waals surface area (Å²) >= 11 is 0. The molecule has 0 aliphatic rings. The molecule has 6 nitrogen and oxygen atoms in total. The van der Waals surface area contributed by atoms with E-state index in [-0.39, 0.29) is 0 Å². The number of hydrogen-bond donors (Lipinski definition) is 1. The molecule has 0 radical (unpaired) electrons. The number of aryl methyl sites for hydroxylation is 2. The summed E-state index contributed by atoms with van der Waals surface area (Å²) in [6.45, 7) is 4.42. The van der Waals surface area contributed by atoms with Crippen LogP contribution in [0.1, 0.15) is 17.3 Å². The molecule has 2 heterocycles. The molecule has 0 amide bonds. The lowest BCUT2D eigenvalue weighted by atomic mass is 10.2. The molecule has 2 N–H and O–H groups in total. The van der Waals surface area contributed by atoms with Crippen molar-refractivity contribution in [3.63, 3.8) is 0 Å². The Bertz CT molecular complexity index is 499. The van der Waals surface area contributed by atoms with Gasteiger partial charge in [0.1, 0.15) is 0 Å². The maximum absolute atomic E-state index is 5.43. The number of nitrogens with zero attached hydrogens (tertiary/aromatic N) is 4. The van der Waals surface area contributed by atoms with Gasteiger partial charge in [-0.25, -0.2) is 0 Å². The van der Waals surface area contributed by atoms with Gasteiger partial charge in [0.25, 0.3) is 0 Å². The Morgan fingerprint density at radius 2 is 2.12 bits per heavy atom. The Labute approximate surface area is 93.4 Å². The molecule has 6 heteroatoms. The summed E-state index contributed by atoms with van der Waals surface area (Å²) in [7, 11) is 1.90. The summed E-state index contributed by atoms with van der Waals surface area (Å²) in [6, 6.07) is 0. The van der Waals surface area contributed by atoms with Gasteiger partial charge in [0.15, 0.2) is 0 Å². The van der Waals surface area contributed by atoms with E-state index in [2.05, 4.69) is 15.2 Å². The molecule has 2 rings (SSSR count). The maximum atomic E-state index is 5.43. The zero-order chi connectivity index (χ0) is 11.7. The lowest BCUT2D eigenvalue weighted by Crippen LogP contribution is -2.02. The summed E-state index contributed by atoms with van der Waals surface area (Å²) < 4.78 is 6.91. The fourth-order valence-corrected chi connectivity index (χ4v) is 1.68. The first-order valence-corrected chi connectivity index (χ1v) is 5.16. The van der Waals surface area contributed by atoms with Crippen LogP contribution in [0.4, 0.5) is 0 Å². The van der Waals surface area contributed by atoms with Gasteiger partial charge in [0, 0.05) is 25.7 Å². The lowest BCUT2D eigenvalue weighted by molar-refractivity contribution is 0.380. The Hall–Kier alpha value is -1.69. The van der Waals surface area contributed by atoms with Gasteiger partial charge in [-0.2, -0.15) is 10.1 Å². The fourth-order valence-electron chi connectivity index (χ4n) is 1.68. The van der Waals surface area contributed by atoms with Gasteiger partial charge in [-0.05, 0) is 13.8 Å². The molecule has 0 fully saturated rings. The molecule has 2 aromatic rings. The number of rotatable bonds is 3. The zero-order valence-corrected chi connectivity index (χ0v) is 9.69. The molecule has 16 heavy (non-hydrogen) atoms. The minimum atomic E-state index is 0.507. The Kier molecular flexibility index (Phi) is 2.74. The standard InChI is InChI=1S/C10H15N5O/c1-6-9(7(2)15(3)13-6)10-12-8(4-5-11)16-14-10/h4-5,11H2,1-3H3. The van der Waals surface area contributed by atoms with Gasteiger partial charge in [-0.3, -0.25) is 4.68 Å². The minimum Gasteiger partial charge on any atom is -0.339 e. The zero-order valence-electron chi connectivity index (χ0n) is 9.69. The predicted octanol–water partition coefficient (Wildman–Crippen LogP) is 0.588. The average Bonchev–Trinajstić information content (AvgIpc) is 2.75. The first-order valence-electron chi connectivity index (χ1n) is 5.16. The minimum absolute atomic E-state index is 0.507. The SMILES string of the molecule is Cc1nn(C)c(C)c1-c1noc(CCN)n1. The first-order chi connectivity index (χ1) is 7.63. The van der Waals surface area contributed by atoms with Crippen LogP contribution in [0.15, 0.2) is 4.52 Å². The fraction of sp³-hybridized carbons (Fsp3) is 0.500. The molecule has 0 aromatic carbocycles. The van der Waals surface area contributed by atoms with Crippen molar-refractivity contribution in [3.05, 3.63) is 17.3 Å². The largest absolute Gasteiger partial charge is 0.339 e. The van der Waals surface area contributed by atoms with E-state index in [1.165, 1.54) is 0 Å². The lowest BCUT2D eigenvalue weighted by Gasteiger charge is -1.94. The second-order valence-corrected chi connectivity index (χ2v) is 3.72. The Morgan fingerprint density at radius 1 is 1.38 bits per heavy atom. The Balaban J connectivity index is 2.42. The van der Waals surface area contributed by atoms with Gasteiger partial charge in [-0.15, -0.1) is 0 Å². The summed E-state index contributed by atoms with van der Waals surface area (Å²) in [6.07, 6.45) is 0.603. The third kappa shape index (κ3) is 1.71. The van der Waals surface area contributed by atoms with Crippen LogP contribution < -0.4 is 5.73 Å². The molecule has 0 saturated heterocycles. The number of aromatic nitrogens is 4. The highest BCUT2D eigenvalue weighted by molar-refractivity contribution is 5.60. The van der Waals surface area contributed by atoms with E-state index in [4.69, 9.17) is 10.3 Å². The van der Waals surface area contributed by atoms with Gasteiger partial charge in [0.2, 0.25) is 11.7 Å². The van der Waals surface area contributed by atoms with E-state index in [0.29, 0.717) is 24.7 Å². The molecule has 0 atom stereocenters. The molecule has 2 aromatic heterocycles. The quantitative estimate of drug-likeness (QED) is 0.820. The second-order valence-electron chi connectivity index (χ2n) is 3.72. The molecule has 0 aliphatic carbocycles. The van der Waals surface area contributed by atoms with Crippen LogP contribution in [0.25, 0.3) is 11.4 Å². The van der Waals surface area contributed by atoms with E-state index in [1.54, 1.807) is 0 Å². The molecule has 86 valence electrons. The second kappa shape index (κ2) is 4.05. The maximum Gasteiger partial charge on any atom is 0.228 e. The van der Waals surface area contributed by atoms with Crippen molar-refractivity contribution < 1.29 is 4.52 Å². The van der Waals surface area contributed by atoms with Crippen LogP contribution >= 0.6 is 0 Å². The van der Waals surface area contributed by atoms with Gasteiger partial charge in [-0.1, -0.05) is 5.16 Å². The highest BCUT2D eigenvalue weighted by atomic mass is 16.5. The van der Waals surface area contributed by atoms with Crippen LogP contribution in [-0.2, 0) is 13.5 Å². The number of nitrogens with two attached hydrogens (primary N) is 1. The van der Waals surface area contributed by atoms with Crippen LogP contribution in [-0.4, -0.2) is 26.5 Å². The average molecular weight is 221 g/mol.